The molecule has 1 heterocycles. The summed E-state index contributed by atoms with van der Waals surface area (Å²) < 4.78 is 13.6. The third-order valence-corrected chi connectivity index (χ3v) is 4.21. The van der Waals surface area contributed by atoms with E-state index in [1.807, 2.05) is 0 Å². The van der Waals surface area contributed by atoms with E-state index in [-0.39, 0.29) is 35.8 Å². The Hall–Kier alpha value is -1.66. The van der Waals surface area contributed by atoms with Crippen molar-refractivity contribution in [3.63, 3.8) is 0 Å². The standard InChI is InChI=1S/C17H24FN3O2.ClH/c1-11(13-4-3-7-19-10-13)8-17(23)21-14-5-6-15(18)16(9-14)20-12(2)22;/h5-6,9,11,13,19H,3-4,7-8,10H2,1-2H3,(H,20,22)(H,21,23);1H. The highest BCUT2D eigenvalue weighted by Crippen LogP contribution is 2.24. The van der Waals surface area contributed by atoms with Crippen LogP contribution < -0.4 is 16.0 Å². The van der Waals surface area contributed by atoms with Crippen LogP contribution in [-0.4, -0.2) is 24.9 Å². The lowest BCUT2D eigenvalue weighted by molar-refractivity contribution is -0.117. The summed E-state index contributed by atoms with van der Waals surface area (Å²) in [6.45, 7) is 5.41. The predicted molar refractivity (Wildman–Crippen MR) is 96.0 cm³/mol. The first-order valence-electron chi connectivity index (χ1n) is 8.03. The number of piperidine rings is 1. The number of hydrogen-bond acceptors (Lipinski definition) is 3. The number of nitrogens with one attached hydrogen (secondary N) is 3. The third kappa shape index (κ3) is 6.09. The minimum Gasteiger partial charge on any atom is -0.326 e. The van der Waals surface area contributed by atoms with E-state index in [2.05, 4.69) is 22.9 Å². The zero-order valence-corrected chi connectivity index (χ0v) is 14.8. The summed E-state index contributed by atoms with van der Waals surface area (Å²) >= 11 is 0. The molecule has 24 heavy (non-hydrogen) atoms. The molecule has 0 saturated carbocycles. The van der Waals surface area contributed by atoms with Crippen LogP contribution in [0, 0.1) is 17.7 Å². The topological polar surface area (TPSA) is 70.2 Å². The lowest BCUT2D eigenvalue weighted by Crippen LogP contribution is -2.34. The van der Waals surface area contributed by atoms with Gasteiger partial charge in [0.15, 0.2) is 0 Å². The van der Waals surface area contributed by atoms with Crippen molar-refractivity contribution >= 4 is 35.6 Å². The molecule has 1 saturated heterocycles. The Morgan fingerprint density at radius 1 is 1.38 bits per heavy atom. The smallest absolute Gasteiger partial charge is 0.224 e. The summed E-state index contributed by atoms with van der Waals surface area (Å²) in [4.78, 5) is 23.2. The molecule has 1 aromatic carbocycles. The number of halogens is 2. The SMILES string of the molecule is CC(=O)Nc1cc(NC(=O)CC(C)C2CCCNC2)ccc1F.Cl. The maximum absolute atomic E-state index is 13.6. The highest BCUT2D eigenvalue weighted by Gasteiger charge is 2.22. The van der Waals surface area contributed by atoms with Crippen LogP contribution in [0.3, 0.4) is 0 Å². The molecule has 0 aliphatic carbocycles. The minimum atomic E-state index is -0.528. The van der Waals surface area contributed by atoms with Crippen LogP contribution in [0.2, 0.25) is 0 Å². The van der Waals surface area contributed by atoms with Crippen molar-refractivity contribution in [1.82, 2.24) is 5.32 Å². The number of anilines is 2. The second-order valence-electron chi connectivity index (χ2n) is 6.21. The molecule has 1 aliphatic heterocycles. The van der Waals surface area contributed by atoms with Gasteiger partial charge in [-0.3, -0.25) is 9.59 Å². The minimum absolute atomic E-state index is 0. The molecule has 7 heteroatoms. The van der Waals surface area contributed by atoms with Gasteiger partial charge in [0.2, 0.25) is 11.8 Å². The van der Waals surface area contributed by atoms with Gasteiger partial charge in [-0.1, -0.05) is 6.92 Å². The Morgan fingerprint density at radius 2 is 2.12 bits per heavy atom. The van der Waals surface area contributed by atoms with Crippen molar-refractivity contribution in [2.45, 2.75) is 33.1 Å². The molecule has 2 rings (SSSR count). The predicted octanol–water partition coefficient (Wildman–Crippen LogP) is 3.17. The summed E-state index contributed by atoms with van der Waals surface area (Å²) in [5, 5.41) is 8.54. The van der Waals surface area contributed by atoms with Crippen molar-refractivity contribution in [3.05, 3.63) is 24.0 Å². The van der Waals surface area contributed by atoms with Crippen LogP contribution in [0.15, 0.2) is 18.2 Å². The van der Waals surface area contributed by atoms with Gasteiger partial charge >= 0.3 is 0 Å². The number of benzene rings is 1. The van der Waals surface area contributed by atoms with Gasteiger partial charge in [0.25, 0.3) is 0 Å². The Bertz CT molecular complexity index is 577. The molecule has 3 N–H and O–H groups in total. The van der Waals surface area contributed by atoms with E-state index in [1.54, 1.807) is 0 Å². The second kappa shape index (κ2) is 9.59. The highest BCUT2D eigenvalue weighted by atomic mass is 35.5. The molecule has 0 radical (unpaired) electrons. The molecule has 1 fully saturated rings. The van der Waals surface area contributed by atoms with Crippen LogP contribution in [0.25, 0.3) is 0 Å². The third-order valence-electron chi connectivity index (χ3n) is 4.21. The number of carbonyl (C=O) groups is 2. The lowest BCUT2D eigenvalue weighted by Gasteiger charge is -2.28. The Labute approximate surface area is 148 Å². The van der Waals surface area contributed by atoms with E-state index >= 15 is 0 Å². The van der Waals surface area contributed by atoms with Crippen LogP contribution in [0.1, 0.15) is 33.1 Å². The van der Waals surface area contributed by atoms with Gasteiger partial charge in [0.1, 0.15) is 5.82 Å². The van der Waals surface area contributed by atoms with Gasteiger partial charge in [-0.2, -0.15) is 0 Å². The molecular weight excluding hydrogens is 333 g/mol. The van der Waals surface area contributed by atoms with Gasteiger partial charge in [0, 0.05) is 19.0 Å². The summed E-state index contributed by atoms with van der Waals surface area (Å²) in [6, 6.07) is 4.15. The Balaban J connectivity index is 0.00000288. The summed E-state index contributed by atoms with van der Waals surface area (Å²) in [5.41, 5.74) is 0.550. The molecule has 1 aliphatic rings. The first-order valence-corrected chi connectivity index (χ1v) is 8.03. The number of hydrogen-bond donors (Lipinski definition) is 3. The van der Waals surface area contributed by atoms with Gasteiger partial charge in [0.05, 0.1) is 5.69 Å². The molecule has 2 amide bonds. The molecule has 0 spiro atoms. The summed E-state index contributed by atoms with van der Waals surface area (Å²) in [6.07, 6.45) is 2.72. The zero-order chi connectivity index (χ0) is 16.8. The van der Waals surface area contributed by atoms with Crippen molar-refractivity contribution < 1.29 is 14.0 Å². The van der Waals surface area contributed by atoms with Crippen molar-refractivity contribution in [3.8, 4) is 0 Å². The fourth-order valence-corrected chi connectivity index (χ4v) is 2.92. The molecular formula is C17H25ClFN3O2. The quantitative estimate of drug-likeness (QED) is 0.758. The molecule has 2 atom stereocenters. The molecule has 1 aromatic rings. The van der Waals surface area contributed by atoms with Crippen LogP contribution in [-0.2, 0) is 9.59 Å². The van der Waals surface area contributed by atoms with E-state index in [4.69, 9.17) is 0 Å². The van der Waals surface area contributed by atoms with Crippen LogP contribution >= 0.6 is 12.4 Å². The maximum atomic E-state index is 13.6. The van der Waals surface area contributed by atoms with Crippen molar-refractivity contribution in [2.75, 3.05) is 23.7 Å². The molecule has 2 unspecified atom stereocenters. The first-order chi connectivity index (χ1) is 11.0. The molecule has 5 nitrogen and oxygen atoms in total. The van der Waals surface area contributed by atoms with Gasteiger partial charge in [-0.15, -0.1) is 12.4 Å². The van der Waals surface area contributed by atoms with E-state index in [0.29, 0.717) is 18.0 Å². The van der Waals surface area contributed by atoms with Crippen molar-refractivity contribution in [2.24, 2.45) is 11.8 Å². The number of carbonyl (C=O) groups excluding carboxylic acids is 2. The van der Waals surface area contributed by atoms with Crippen molar-refractivity contribution in [1.29, 1.82) is 0 Å². The van der Waals surface area contributed by atoms with Gasteiger partial charge in [-0.25, -0.2) is 4.39 Å². The Kier molecular flexibility index (Phi) is 8.15. The van der Waals surface area contributed by atoms with Crippen LogP contribution in [0.5, 0.6) is 0 Å². The number of rotatable bonds is 5. The Morgan fingerprint density at radius 3 is 2.75 bits per heavy atom. The van der Waals surface area contributed by atoms with Gasteiger partial charge in [-0.05, 0) is 56.0 Å². The summed E-state index contributed by atoms with van der Waals surface area (Å²) in [7, 11) is 0. The van der Waals surface area contributed by atoms with E-state index in [9.17, 15) is 14.0 Å². The normalized spacial score (nSPS) is 18.2. The molecule has 134 valence electrons. The van der Waals surface area contributed by atoms with E-state index in [1.165, 1.54) is 25.1 Å². The van der Waals surface area contributed by atoms with E-state index < -0.39 is 5.82 Å². The molecule has 0 bridgehead atoms. The maximum Gasteiger partial charge on any atom is 0.224 e. The average molecular weight is 358 g/mol. The lowest BCUT2D eigenvalue weighted by atomic mass is 9.85. The summed E-state index contributed by atoms with van der Waals surface area (Å²) in [5.74, 6) is -0.176. The molecule has 0 aromatic heterocycles. The number of amides is 2. The average Bonchev–Trinajstić information content (AvgIpc) is 2.51. The zero-order valence-electron chi connectivity index (χ0n) is 14.0. The fourth-order valence-electron chi connectivity index (χ4n) is 2.92. The largest absolute Gasteiger partial charge is 0.326 e. The van der Waals surface area contributed by atoms with Gasteiger partial charge < -0.3 is 16.0 Å². The van der Waals surface area contributed by atoms with E-state index in [0.717, 1.165) is 25.9 Å². The van der Waals surface area contributed by atoms with Crippen LogP contribution in [0.4, 0.5) is 15.8 Å². The second-order valence-corrected chi connectivity index (χ2v) is 6.21. The fraction of sp³-hybridized carbons (Fsp3) is 0.529. The monoisotopic (exact) mass is 357 g/mol. The first kappa shape index (κ1) is 20.4. The highest BCUT2D eigenvalue weighted by molar-refractivity contribution is 5.93.